The number of nitrogens with one attached hydrogen (secondary N) is 1. The molecule has 3 rings (SSSR count). The predicted octanol–water partition coefficient (Wildman–Crippen LogP) is 3.23. The first kappa shape index (κ1) is 30.5. The van der Waals surface area contributed by atoms with Crippen molar-refractivity contribution in [2.24, 2.45) is 0 Å². The van der Waals surface area contributed by atoms with Gasteiger partial charge in [0.15, 0.2) is 0 Å². The van der Waals surface area contributed by atoms with E-state index in [1.54, 1.807) is 20.8 Å². The molecule has 1 aromatic carbocycles. The number of esters is 1. The molecule has 2 aromatic heterocycles. The number of rotatable bonds is 12. The largest absolute Gasteiger partial charge is 0.496 e. The Balaban J connectivity index is 2.34. The van der Waals surface area contributed by atoms with Crippen LogP contribution in [0.1, 0.15) is 60.1 Å². The van der Waals surface area contributed by atoms with Crippen molar-refractivity contribution in [2.75, 3.05) is 26.9 Å². The molecule has 11 nitrogen and oxygen atoms in total. The molecule has 0 aliphatic rings. The molecule has 13 heteroatoms. The van der Waals surface area contributed by atoms with E-state index >= 15 is 0 Å². The second kappa shape index (κ2) is 13.4. The normalized spacial score (nSPS) is 12.5. The third-order valence-electron chi connectivity index (χ3n) is 6.24. The van der Waals surface area contributed by atoms with Gasteiger partial charge in [-0.2, -0.15) is 5.26 Å². The van der Waals surface area contributed by atoms with Crippen molar-refractivity contribution in [3.05, 3.63) is 60.9 Å². The number of aromatic nitrogens is 2. The first-order chi connectivity index (χ1) is 19.1. The smallest absolute Gasteiger partial charge is 0.348 e. The maximum Gasteiger partial charge on any atom is 0.348 e. The zero-order valence-corrected chi connectivity index (χ0v) is 23.7. The van der Waals surface area contributed by atoms with Crippen LogP contribution in [0.5, 0.6) is 5.75 Å². The van der Waals surface area contributed by atoms with Gasteiger partial charge in [-0.25, -0.2) is 18.5 Å². The molecule has 2 atom stereocenters. The maximum absolute atomic E-state index is 14.3. The van der Waals surface area contributed by atoms with Gasteiger partial charge >= 0.3 is 11.7 Å². The van der Waals surface area contributed by atoms with Crippen LogP contribution in [0.4, 0.5) is 4.39 Å². The van der Waals surface area contributed by atoms with Crippen molar-refractivity contribution in [1.82, 2.24) is 14.5 Å². The van der Waals surface area contributed by atoms with Crippen LogP contribution in [-0.4, -0.2) is 47.9 Å². The zero-order chi connectivity index (χ0) is 29.6. The number of thiophene rings is 1. The summed E-state index contributed by atoms with van der Waals surface area (Å²) < 4.78 is 32.9. The number of hydrogen-bond donors (Lipinski definition) is 1. The molecule has 0 saturated heterocycles. The van der Waals surface area contributed by atoms with Gasteiger partial charge in [0, 0.05) is 12.1 Å². The van der Waals surface area contributed by atoms with E-state index in [0.717, 1.165) is 15.9 Å². The van der Waals surface area contributed by atoms with Gasteiger partial charge in [-0.3, -0.25) is 14.2 Å². The second-order valence-corrected chi connectivity index (χ2v) is 9.75. The number of benzene rings is 1. The van der Waals surface area contributed by atoms with Gasteiger partial charge in [0.2, 0.25) is 5.91 Å². The molecule has 0 saturated carbocycles. The molecule has 3 aromatic rings. The quantitative estimate of drug-likeness (QED) is 0.257. The molecular weight excluding hydrogens is 543 g/mol. The molecule has 0 aliphatic heterocycles. The highest BCUT2D eigenvalue weighted by atomic mass is 32.1. The molecule has 0 bridgehead atoms. The lowest BCUT2D eigenvalue weighted by Gasteiger charge is -2.23. The number of nitriles is 1. The van der Waals surface area contributed by atoms with Crippen molar-refractivity contribution in [2.45, 2.75) is 52.8 Å². The average Bonchev–Trinajstić information content (AvgIpc) is 3.27. The summed E-state index contributed by atoms with van der Waals surface area (Å²) in [6.45, 7) is 6.45. The highest BCUT2D eigenvalue weighted by molar-refractivity contribution is 7.20. The first-order valence-electron chi connectivity index (χ1n) is 12.7. The molecule has 214 valence electrons. The number of ether oxygens (including phenoxy) is 3. The number of nitrogens with zero attached hydrogens (tertiary/aromatic N) is 3. The lowest BCUT2D eigenvalue weighted by Crippen LogP contribution is -2.46. The van der Waals surface area contributed by atoms with Gasteiger partial charge < -0.3 is 19.5 Å². The Morgan fingerprint density at radius 1 is 1.25 bits per heavy atom. The number of methoxy groups -OCH3 is 1. The van der Waals surface area contributed by atoms with Gasteiger partial charge in [-0.1, -0.05) is 0 Å². The highest BCUT2D eigenvalue weighted by Crippen LogP contribution is 2.33. The molecule has 1 amide bonds. The van der Waals surface area contributed by atoms with E-state index in [1.165, 1.54) is 36.8 Å². The summed E-state index contributed by atoms with van der Waals surface area (Å²) in [5.41, 5.74) is -0.977. The number of hydrogen-bond acceptors (Lipinski definition) is 9. The van der Waals surface area contributed by atoms with Crippen molar-refractivity contribution in [3.63, 3.8) is 0 Å². The summed E-state index contributed by atoms with van der Waals surface area (Å²) in [5, 5.41) is 11.7. The van der Waals surface area contributed by atoms with E-state index in [0.29, 0.717) is 5.56 Å². The summed E-state index contributed by atoms with van der Waals surface area (Å²) in [6, 6.07) is 4.62. The molecule has 0 radical (unpaired) electrons. The van der Waals surface area contributed by atoms with Crippen LogP contribution in [0.15, 0.2) is 27.8 Å². The molecule has 0 fully saturated rings. The van der Waals surface area contributed by atoms with Crippen molar-refractivity contribution < 1.29 is 28.2 Å². The maximum atomic E-state index is 14.3. The number of aryl methyl sites for hydroxylation is 1. The van der Waals surface area contributed by atoms with Gasteiger partial charge in [0.05, 0.1) is 44.7 Å². The van der Waals surface area contributed by atoms with Crippen LogP contribution in [0.25, 0.3) is 10.2 Å². The monoisotopic (exact) mass is 574 g/mol. The fourth-order valence-corrected chi connectivity index (χ4v) is 5.50. The minimum atomic E-state index is -1.18. The Morgan fingerprint density at radius 3 is 2.60 bits per heavy atom. The van der Waals surface area contributed by atoms with Gasteiger partial charge in [-0.15, -0.1) is 11.3 Å². The Bertz CT molecular complexity index is 1570. The zero-order valence-electron chi connectivity index (χ0n) is 22.9. The molecule has 0 aliphatic carbocycles. The minimum Gasteiger partial charge on any atom is -0.496 e. The topological polar surface area (TPSA) is 142 Å². The average molecular weight is 575 g/mol. The number of halogens is 1. The van der Waals surface area contributed by atoms with Crippen LogP contribution >= 0.6 is 11.3 Å². The first-order valence-corrected chi connectivity index (χ1v) is 13.5. The summed E-state index contributed by atoms with van der Waals surface area (Å²) >= 11 is 0.906. The van der Waals surface area contributed by atoms with E-state index in [9.17, 15) is 23.6 Å². The van der Waals surface area contributed by atoms with Crippen molar-refractivity contribution >= 4 is 33.4 Å². The Labute approximate surface area is 233 Å². The van der Waals surface area contributed by atoms with E-state index in [-0.39, 0.29) is 59.1 Å². The van der Waals surface area contributed by atoms with E-state index < -0.39 is 41.1 Å². The van der Waals surface area contributed by atoms with Crippen LogP contribution in [0, 0.1) is 24.1 Å². The van der Waals surface area contributed by atoms with Crippen LogP contribution < -0.4 is 21.3 Å². The fraction of sp³-hybridized carbons (Fsp3) is 0.444. The highest BCUT2D eigenvalue weighted by Gasteiger charge is 2.29. The Hall–Kier alpha value is -4.02. The fourth-order valence-electron chi connectivity index (χ4n) is 4.31. The molecule has 40 heavy (non-hydrogen) atoms. The number of carbonyl (C=O) groups is 2. The third kappa shape index (κ3) is 6.08. The van der Waals surface area contributed by atoms with E-state index in [4.69, 9.17) is 19.5 Å². The van der Waals surface area contributed by atoms with Crippen LogP contribution in [-0.2, 0) is 20.8 Å². The third-order valence-corrected chi connectivity index (χ3v) is 7.54. The second-order valence-electron chi connectivity index (χ2n) is 8.75. The minimum absolute atomic E-state index is 0.0251. The van der Waals surface area contributed by atoms with Crippen molar-refractivity contribution in [3.8, 4) is 11.8 Å². The predicted molar refractivity (Wildman–Crippen MR) is 146 cm³/mol. The molecule has 0 unspecified atom stereocenters. The Kier molecular flexibility index (Phi) is 10.2. The number of amides is 1. The Morgan fingerprint density at radius 2 is 1.98 bits per heavy atom. The summed E-state index contributed by atoms with van der Waals surface area (Å²) in [6.07, 6.45) is -0.976. The van der Waals surface area contributed by atoms with E-state index in [2.05, 4.69) is 5.32 Å². The van der Waals surface area contributed by atoms with Crippen LogP contribution in [0.2, 0.25) is 0 Å². The summed E-state index contributed by atoms with van der Waals surface area (Å²) in [7, 11) is 1.40. The van der Waals surface area contributed by atoms with E-state index in [1.807, 2.05) is 6.07 Å². The van der Waals surface area contributed by atoms with Gasteiger partial charge in [0.1, 0.15) is 33.4 Å². The van der Waals surface area contributed by atoms with Crippen molar-refractivity contribution in [1.29, 1.82) is 5.26 Å². The number of fused-ring (bicyclic) bond motifs is 1. The SMILES string of the molecule is CCNC(=O)[C@@H](C)n1c(=O)c2c(C)c(C(=O)OCC)sc2n(C[C@H](OCCC#N)c2cc(F)ccc2OC)c1=O. The standard InChI is InChI=1S/C27H31FN4O7S/c1-6-30-23(33)16(4)32-24(34)21-15(3)22(26(35)38-7-2)40-25(21)31(27(32)36)14-20(39-12-8-11-29)18-13-17(28)9-10-19(18)37-5/h9-10,13,16,20H,6-8,12,14H2,1-5H3,(H,30,33)/t16-,20+/m1/s1. The van der Waals surface area contributed by atoms with Gasteiger partial charge in [-0.05, 0) is 51.5 Å². The lowest BCUT2D eigenvalue weighted by atomic mass is 10.1. The van der Waals surface area contributed by atoms with Gasteiger partial charge in [0.25, 0.3) is 5.56 Å². The lowest BCUT2D eigenvalue weighted by molar-refractivity contribution is -0.123. The van der Waals surface area contributed by atoms with Crippen LogP contribution in [0.3, 0.4) is 0 Å². The summed E-state index contributed by atoms with van der Waals surface area (Å²) in [4.78, 5) is 53.3. The molecular formula is C27H31FN4O7S. The summed E-state index contributed by atoms with van der Waals surface area (Å²) in [5.74, 6) is -1.49. The number of carbonyl (C=O) groups excluding carboxylic acids is 2. The molecule has 1 N–H and O–H groups in total. The molecule has 2 heterocycles. The molecule has 0 spiro atoms. The number of likely N-dealkylation sites (N-methyl/N-ethyl adjacent to an activating group) is 1.